The quantitative estimate of drug-likeness (QED) is 0.176. The summed E-state index contributed by atoms with van der Waals surface area (Å²) < 4.78 is 22.3. The number of ether oxygens (including phenoxy) is 4. The molecular formula is C26H35N3O9. The molecule has 0 radical (unpaired) electrons. The molecule has 1 amide bonds. The van der Waals surface area contributed by atoms with Crippen LogP contribution >= 0.6 is 0 Å². The van der Waals surface area contributed by atoms with Crippen LogP contribution in [0.15, 0.2) is 42.5 Å². The molecule has 1 atom stereocenters. The summed E-state index contributed by atoms with van der Waals surface area (Å²) in [5.41, 5.74) is 1.64. The van der Waals surface area contributed by atoms with Crippen molar-refractivity contribution in [1.29, 1.82) is 0 Å². The van der Waals surface area contributed by atoms with Gasteiger partial charge in [-0.1, -0.05) is 0 Å². The van der Waals surface area contributed by atoms with Crippen LogP contribution in [0, 0.1) is 10.1 Å². The number of carbonyl (C=O) groups is 1. The Morgan fingerprint density at radius 1 is 1.11 bits per heavy atom. The van der Waals surface area contributed by atoms with E-state index >= 15 is 0 Å². The topological polar surface area (TPSA) is 153 Å². The Morgan fingerprint density at radius 2 is 1.87 bits per heavy atom. The Bertz CT molecular complexity index is 1010. The van der Waals surface area contributed by atoms with E-state index in [2.05, 4.69) is 5.32 Å². The second-order valence-electron chi connectivity index (χ2n) is 8.60. The van der Waals surface area contributed by atoms with Crippen molar-refractivity contribution in [3.8, 4) is 5.75 Å². The number of hydrogen-bond acceptors (Lipinski definition) is 10. The maximum atomic E-state index is 12.4. The number of amides is 1. The second kappa shape index (κ2) is 15.7. The first-order chi connectivity index (χ1) is 18.5. The van der Waals surface area contributed by atoms with Crippen molar-refractivity contribution >= 4 is 23.2 Å². The molecule has 208 valence electrons. The van der Waals surface area contributed by atoms with Crippen molar-refractivity contribution in [3.05, 3.63) is 58.1 Å². The fourth-order valence-electron chi connectivity index (χ4n) is 3.87. The maximum Gasteiger partial charge on any atom is 0.411 e. The number of aliphatic hydroxyl groups is 2. The van der Waals surface area contributed by atoms with Crippen LogP contribution in [-0.2, 0) is 20.8 Å². The van der Waals surface area contributed by atoms with Gasteiger partial charge in [0, 0.05) is 49.1 Å². The standard InChI is InChI=1S/C26H35N3O9/c30-13-11-28(12-14-31)22-9-6-21(7-10-22)27-26(32)38-19-20-5-8-23(29(33)34)18-24(20)35-16-3-17-37-25-4-1-2-15-36-25/h5-10,18,25,30-31H,1-4,11-17,19H2,(H,27,32). The summed E-state index contributed by atoms with van der Waals surface area (Å²) in [7, 11) is 0. The maximum absolute atomic E-state index is 12.4. The number of nitrogens with one attached hydrogen (secondary N) is 1. The summed E-state index contributed by atoms with van der Waals surface area (Å²) in [5.74, 6) is 0.262. The second-order valence-corrected chi connectivity index (χ2v) is 8.60. The van der Waals surface area contributed by atoms with Crippen LogP contribution in [-0.4, -0.2) is 73.6 Å². The summed E-state index contributed by atoms with van der Waals surface area (Å²) >= 11 is 0. The number of carbonyl (C=O) groups excluding carboxylic acids is 1. The van der Waals surface area contributed by atoms with Gasteiger partial charge in [-0.3, -0.25) is 15.4 Å². The number of hydrogen-bond donors (Lipinski definition) is 3. The molecule has 1 saturated heterocycles. The number of nitro groups is 1. The normalized spacial score (nSPS) is 15.1. The van der Waals surface area contributed by atoms with Crippen molar-refractivity contribution < 1.29 is 38.9 Å². The predicted octanol–water partition coefficient (Wildman–Crippen LogP) is 3.45. The summed E-state index contributed by atoms with van der Waals surface area (Å²) in [4.78, 5) is 24.9. The average molecular weight is 534 g/mol. The number of nitrogens with zero attached hydrogens (tertiary/aromatic N) is 2. The van der Waals surface area contributed by atoms with E-state index in [0.717, 1.165) is 24.9 Å². The van der Waals surface area contributed by atoms with Crippen molar-refractivity contribution in [3.63, 3.8) is 0 Å². The molecule has 0 bridgehead atoms. The molecule has 1 fully saturated rings. The van der Waals surface area contributed by atoms with E-state index in [4.69, 9.17) is 18.9 Å². The Kier molecular flexibility index (Phi) is 12.0. The first kappa shape index (κ1) is 29.1. The van der Waals surface area contributed by atoms with Gasteiger partial charge in [-0.05, 0) is 49.6 Å². The first-order valence-electron chi connectivity index (χ1n) is 12.6. The lowest BCUT2D eigenvalue weighted by Gasteiger charge is -2.23. The number of nitro benzene ring substituents is 1. The first-order valence-corrected chi connectivity index (χ1v) is 12.6. The minimum Gasteiger partial charge on any atom is -0.493 e. The van der Waals surface area contributed by atoms with Crippen LogP contribution in [0.25, 0.3) is 0 Å². The van der Waals surface area contributed by atoms with Crippen molar-refractivity contribution in [2.75, 3.05) is 56.3 Å². The summed E-state index contributed by atoms with van der Waals surface area (Å²) in [6.45, 7) is 1.89. The van der Waals surface area contributed by atoms with Crippen LogP contribution in [0.2, 0.25) is 0 Å². The van der Waals surface area contributed by atoms with Crippen molar-refractivity contribution in [2.24, 2.45) is 0 Å². The van der Waals surface area contributed by atoms with Gasteiger partial charge in [0.25, 0.3) is 5.69 Å². The fraction of sp³-hybridized carbons (Fsp3) is 0.500. The Labute approximate surface area is 221 Å². The van der Waals surface area contributed by atoms with Gasteiger partial charge in [-0.15, -0.1) is 0 Å². The van der Waals surface area contributed by atoms with Crippen LogP contribution in [0.3, 0.4) is 0 Å². The lowest BCUT2D eigenvalue weighted by atomic mass is 10.2. The summed E-state index contributed by atoms with van der Waals surface area (Å²) in [5, 5.41) is 32.2. The van der Waals surface area contributed by atoms with E-state index in [-0.39, 0.29) is 44.2 Å². The minimum absolute atomic E-state index is 0.0517. The predicted molar refractivity (Wildman–Crippen MR) is 139 cm³/mol. The highest BCUT2D eigenvalue weighted by atomic mass is 16.7. The third-order valence-electron chi connectivity index (χ3n) is 5.83. The zero-order valence-corrected chi connectivity index (χ0v) is 21.3. The average Bonchev–Trinajstić information content (AvgIpc) is 2.93. The zero-order chi connectivity index (χ0) is 27.2. The van der Waals surface area contributed by atoms with Gasteiger partial charge in [0.15, 0.2) is 6.29 Å². The van der Waals surface area contributed by atoms with Gasteiger partial charge in [0.2, 0.25) is 0 Å². The van der Waals surface area contributed by atoms with E-state index in [1.165, 1.54) is 18.2 Å². The molecular weight excluding hydrogens is 498 g/mol. The fourth-order valence-corrected chi connectivity index (χ4v) is 3.87. The molecule has 1 heterocycles. The number of anilines is 2. The molecule has 3 rings (SSSR count). The molecule has 3 N–H and O–H groups in total. The molecule has 2 aromatic rings. The van der Waals surface area contributed by atoms with E-state index in [1.54, 1.807) is 24.3 Å². The van der Waals surface area contributed by atoms with Gasteiger partial charge in [-0.2, -0.15) is 0 Å². The molecule has 0 aromatic heterocycles. The van der Waals surface area contributed by atoms with E-state index in [1.807, 2.05) is 4.90 Å². The number of non-ortho nitro benzene ring substituents is 1. The minimum atomic E-state index is -0.703. The van der Waals surface area contributed by atoms with Gasteiger partial charge in [-0.25, -0.2) is 4.79 Å². The molecule has 0 aliphatic carbocycles. The van der Waals surface area contributed by atoms with Gasteiger partial charge in [0.1, 0.15) is 12.4 Å². The molecule has 38 heavy (non-hydrogen) atoms. The third-order valence-corrected chi connectivity index (χ3v) is 5.83. The molecule has 12 heteroatoms. The lowest BCUT2D eigenvalue weighted by molar-refractivity contribution is -0.385. The van der Waals surface area contributed by atoms with Crippen LogP contribution in [0.5, 0.6) is 5.75 Å². The Balaban J connectivity index is 1.51. The van der Waals surface area contributed by atoms with Gasteiger partial charge >= 0.3 is 6.09 Å². The molecule has 1 unspecified atom stereocenters. The Morgan fingerprint density at radius 3 is 2.53 bits per heavy atom. The Hall–Kier alpha value is -3.45. The molecule has 0 spiro atoms. The summed E-state index contributed by atoms with van der Waals surface area (Å²) in [6, 6.07) is 11.0. The number of benzene rings is 2. The third kappa shape index (κ3) is 9.45. The monoisotopic (exact) mass is 533 g/mol. The summed E-state index contributed by atoms with van der Waals surface area (Å²) in [6.07, 6.45) is 2.65. The molecule has 2 aromatic carbocycles. The van der Waals surface area contributed by atoms with Crippen molar-refractivity contribution in [2.45, 2.75) is 38.6 Å². The molecule has 1 aliphatic rings. The highest BCUT2D eigenvalue weighted by molar-refractivity contribution is 5.84. The van der Waals surface area contributed by atoms with Crippen LogP contribution in [0.1, 0.15) is 31.2 Å². The molecule has 12 nitrogen and oxygen atoms in total. The largest absolute Gasteiger partial charge is 0.493 e. The molecule has 1 aliphatic heterocycles. The van der Waals surface area contributed by atoms with Crippen LogP contribution < -0.4 is 15.0 Å². The van der Waals surface area contributed by atoms with E-state index in [0.29, 0.717) is 44.0 Å². The lowest BCUT2D eigenvalue weighted by Crippen LogP contribution is -2.29. The van der Waals surface area contributed by atoms with Crippen LogP contribution in [0.4, 0.5) is 21.9 Å². The zero-order valence-electron chi connectivity index (χ0n) is 21.3. The number of aliphatic hydroxyl groups excluding tert-OH is 2. The van der Waals surface area contributed by atoms with E-state index < -0.39 is 11.0 Å². The SMILES string of the molecule is O=C(Nc1ccc(N(CCO)CCO)cc1)OCc1ccc([N+](=O)[O-])cc1OCCCOC1CCCCO1. The number of rotatable bonds is 15. The smallest absolute Gasteiger partial charge is 0.411 e. The van der Waals surface area contributed by atoms with Gasteiger partial charge in [0.05, 0.1) is 37.4 Å². The van der Waals surface area contributed by atoms with Gasteiger partial charge < -0.3 is 34.1 Å². The highest BCUT2D eigenvalue weighted by Gasteiger charge is 2.16. The van der Waals surface area contributed by atoms with E-state index in [9.17, 15) is 25.1 Å². The van der Waals surface area contributed by atoms with Crippen molar-refractivity contribution in [1.82, 2.24) is 0 Å². The molecule has 0 saturated carbocycles. The highest BCUT2D eigenvalue weighted by Crippen LogP contribution is 2.26.